The summed E-state index contributed by atoms with van der Waals surface area (Å²) >= 11 is 11.6. The molecule has 6 nitrogen and oxygen atoms in total. The molecule has 0 saturated carbocycles. The fourth-order valence-electron chi connectivity index (χ4n) is 2.08. The zero-order valence-corrected chi connectivity index (χ0v) is 14.3. The van der Waals surface area contributed by atoms with E-state index in [2.05, 4.69) is 15.4 Å². The summed E-state index contributed by atoms with van der Waals surface area (Å²) in [6.07, 6.45) is -1.67. The number of nitrogens with two attached hydrogens (primary N) is 1. The van der Waals surface area contributed by atoms with Crippen LogP contribution in [0.4, 0.5) is 13.2 Å². The standard InChI is InChI=1S/C14H14Cl2F3N5O/c15-8-5-10(16)12(22-6-8)24-11(14(17,18)19)9(7-23-24)13(25)21-4-2-1-3-20/h5-7H,1-4,20H2,(H,21,25). The van der Waals surface area contributed by atoms with Gasteiger partial charge in [0.2, 0.25) is 0 Å². The molecular weight excluding hydrogens is 382 g/mol. The van der Waals surface area contributed by atoms with Gasteiger partial charge in [0.25, 0.3) is 5.91 Å². The first-order chi connectivity index (χ1) is 11.8. The van der Waals surface area contributed by atoms with E-state index in [4.69, 9.17) is 28.9 Å². The topological polar surface area (TPSA) is 85.8 Å². The Morgan fingerprint density at radius 3 is 2.60 bits per heavy atom. The van der Waals surface area contributed by atoms with Gasteiger partial charge in [-0.1, -0.05) is 23.2 Å². The smallest absolute Gasteiger partial charge is 0.352 e. The number of hydrogen-bond donors (Lipinski definition) is 2. The van der Waals surface area contributed by atoms with Crippen molar-refractivity contribution in [3.05, 3.63) is 39.8 Å². The van der Waals surface area contributed by atoms with Crippen LogP contribution < -0.4 is 11.1 Å². The second-order valence-corrected chi connectivity index (χ2v) is 5.87. The van der Waals surface area contributed by atoms with Crippen LogP contribution in [0.25, 0.3) is 5.82 Å². The molecule has 25 heavy (non-hydrogen) atoms. The lowest BCUT2D eigenvalue weighted by Gasteiger charge is -2.13. The van der Waals surface area contributed by atoms with Gasteiger partial charge in [-0.3, -0.25) is 4.79 Å². The second kappa shape index (κ2) is 8.03. The van der Waals surface area contributed by atoms with E-state index in [0.717, 1.165) is 12.4 Å². The third kappa shape index (κ3) is 4.62. The molecule has 2 aromatic rings. The Balaban J connectivity index is 2.40. The Morgan fingerprint density at radius 1 is 1.28 bits per heavy atom. The first kappa shape index (κ1) is 19.5. The Morgan fingerprint density at radius 2 is 2.00 bits per heavy atom. The highest BCUT2D eigenvalue weighted by molar-refractivity contribution is 6.35. The lowest BCUT2D eigenvalue weighted by molar-refractivity contribution is -0.143. The fraction of sp³-hybridized carbons (Fsp3) is 0.357. The molecule has 0 atom stereocenters. The van der Waals surface area contributed by atoms with Crippen molar-refractivity contribution in [2.45, 2.75) is 19.0 Å². The molecule has 0 aliphatic carbocycles. The number of halogens is 5. The van der Waals surface area contributed by atoms with Crippen LogP contribution in [0.3, 0.4) is 0 Å². The molecule has 2 rings (SSSR count). The highest BCUT2D eigenvalue weighted by atomic mass is 35.5. The zero-order valence-electron chi connectivity index (χ0n) is 12.8. The summed E-state index contributed by atoms with van der Waals surface area (Å²) in [6, 6.07) is 1.24. The Labute approximate surface area is 151 Å². The maximum Gasteiger partial charge on any atom is 0.434 e. The van der Waals surface area contributed by atoms with Gasteiger partial charge in [0.1, 0.15) is 0 Å². The summed E-state index contributed by atoms with van der Waals surface area (Å²) in [5.74, 6) is -1.17. The number of amides is 1. The van der Waals surface area contributed by atoms with Crippen LogP contribution in [0.5, 0.6) is 0 Å². The minimum atomic E-state index is -4.84. The van der Waals surface area contributed by atoms with Crippen LogP contribution >= 0.6 is 23.2 Å². The van der Waals surface area contributed by atoms with Gasteiger partial charge in [0.15, 0.2) is 11.5 Å². The Kier molecular flexibility index (Phi) is 6.26. The number of nitrogens with one attached hydrogen (secondary N) is 1. The van der Waals surface area contributed by atoms with Gasteiger partial charge in [-0.05, 0) is 25.5 Å². The van der Waals surface area contributed by atoms with Gasteiger partial charge in [-0.25, -0.2) is 9.67 Å². The number of hydrogen-bond acceptors (Lipinski definition) is 4. The van der Waals surface area contributed by atoms with Crippen LogP contribution in [-0.4, -0.2) is 33.8 Å². The largest absolute Gasteiger partial charge is 0.434 e. The van der Waals surface area contributed by atoms with E-state index < -0.39 is 23.3 Å². The number of unbranched alkanes of at least 4 members (excludes halogenated alkanes) is 1. The average molecular weight is 396 g/mol. The monoisotopic (exact) mass is 395 g/mol. The highest BCUT2D eigenvalue weighted by Gasteiger charge is 2.41. The molecule has 0 bridgehead atoms. The van der Waals surface area contributed by atoms with Gasteiger partial charge in [-0.2, -0.15) is 18.3 Å². The molecule has 0 unspecified atom stereocenters. The summed E-state index contributed by atoms with van der Waals surface area (Å²) < 4.78 is 40.9. The van der Waals surface area contributed by atoms with Crippen molar-refractivity contribution in [3.8, 4) is 5.82 Å². The van der Waals surface area contributed by atoms with Crippen molar-refractivity contribution in [2.75, 3.05) is 13.1 Å². The molecule has 11 heteroatoms. The molecular formula is C14H14Cl2F3N5O. The molecule has 3 N–H and O–H groups in total. The maximum atomic E-state index is 13.5. The van der Waals surface area contributed by atoms with E-state index in [-0.39, 0.29) is 22.4 Å². The molecule has 0 aliphatic rings. The van der Waals surface area contributed by atoms with Gasteiger partial charge in [-0.15, -0.1) is 0 Å². The number of nitrogens with zero attached hydrogens (tertiary/aromatic N) is 3. The number of carbonyl (C=O) groups is 1. The van der Waals surface area contributed by atoms with Crippen molar-refractivity contribution in [3.63, 3.8) is 0 Å². The highest BCUT2D eigenvalue weighted by Crippen LogP contribution is 2.34. The Hall–Kier alpha value is -1.84. The molecule has 0 spiro atoms. The molecule has 0 saturated heterocycles. The van der Waals surface area contributed by atoms with Crippen LogP contribution in [0, 0.1) is 0 Å². The molecule has 136 valence electrons. The number of rotatable bonds is 6. The fourth-order valence-corrected chi connectivity index (χ4v) is 2.54. The molecule has 1 amide bonds. The zero-order chi connectivity index (χ0) is 18.6. The summed E-state index contributed by atoms with van der Waals surface area (Å²) in [7, 11) is 0. The summed E-state index contributed by atoms with van der Waals surface area (Å²) in [5.41, 5.74) is 3.45. The van der Waals surface area contributed by atoms with Crippen molar-refractivity contribution >= 4 is 29.1 Å². The van der Waals surface area contributed by atoms with E-state index in [9.17, 15) is 18.0 Å². The molecule has 0 aromatic carbocycles. The lowest BCUT2D eigenvalue weighted by Crippen LogP contribution is -2.28. The van der Waals surface area contributed by atoms with E-state index >= 15 is 0 Å². The SMILES string of the molecule is NCCCCNC(=O)c1cnn(-c2ncc(Cl)cc2Cl)c1C(F)(F)F. The number of aromatic nitrogens is 3. The number of pyridine rings is 1. The van der Waals surface area contributed by atoms with Crippen LogP contribution in [0.2, 0.25) is 10.0 Å². The Bertz CT molecular complexity index is 763. The van der Waals surface area contributed by atoms with Crippen LogP contribution in [0.15, 0.2) is 18.5 Å². The van der Waals surface area contributed by atoms with Crippen LogP contribution in [-0.2, 0) is 6.18 Å². The van der Waals surface area contributed by atoms with E-state index in [1.165, 1.54) is 6.07 Å². The van der Waals surface area contributed by atoms with Crippen LogP contribution in [0.1, 0.15) is 28.9 Å². The third-order valence-electron chi connectivity index (χ3n) is 3.19. The van der Waals surface area contributed by atoms with Gasteiger partial charge >= 0.3 is 6.18 Å². The predicted octanol–water partition coefficient (Wildman–Crippen LogP) is 3.06. The van der Waals surface area contributed by atoms with Gasteiger partial charge in [0.05, 0.1) is 21.8 Å². The van der Waals surface area contributed by atoms with Crippen molar-refractivity contribution < 1.29 is 18.0 Å². The minimum Gasteiger partial charge on any atom is -0.352 e. The predicted molar refractivity (Wildman–Crippen MR) is 87.0 cm³/mol. The van der Waals surface area contributed by atoms with Gasteiger partial charge in [0, 0.05) is 12.7 Å². The summed E-state index contributed by atoms with van der Waals surface area (Å²) in [6.45, 7) is 0.640. The lowest BCUT2D eigenvalue weighted by atomic mass is 10.2. The first-order valence-electron chi connectivity index (χ1n) is 7.20. The van der Waals surface area contributed by atoms with Crippen molar-refractivity contribution in [1.82, 2.24) is 20.1 Å². The van der Waals surface area contributed by atoms with Crippen molar-refractivity contribution in [1.29, 1.82) is 0 Å². The molecule has 2 aromatic heterocycles. The maximum absolute atomic E-state index is 13.5. The van der Waals surface area contributed by atoms with E-state index in [1.807, 2.05) is 0 Å². The summed E-state index contributed by atoms with van der Waals surface area (Å²) in [5, 5.41) is 6.08. The molecule has 0 radical (unpaired) electrons. The van der Waals surface area contributed by atoms with E-state index in [0.29, 0.717) is 24.1 Å². The molecule has 0 aliphatic heterocycles. The minimum absolute atomic E-state index is 0.129. The third-order valence-corrected chi connectivity index (χ3v) is 3.67. The quantitative estimate of drug-likeness (QED) is 0.735. The van der Waals surface area contributed by atoms with Crippen molar-refractivity contribution in [2.24, 2.45) is 5.73 Å². The molecule has 2 heterocycles. The number of carbonyl (C=O) groups excluding carboxylic acids is 1. The summed E-state index contributed by atoms with van der Waals surface area (Å²) in [4.78, 5) is 15.9. The first-order valence-corrected chi connectivity index (χ1v) is 7.96. The second-order valence-electron chi connectivity index (χ2n) is 5.03. The average Bonchev–Trinajstić information content (AvgIpc) is 2.96. The molecule has 0 fully saturated rings. The number of alkyl halides is 3. The van der Waals surface area contributed by atoms with Gasteiger partial charge < -0.3 is 11.1 Å². The van der Waals surface area contributed by atoms with E-state index in [1.54, 1.807) is 0 Å². The normalized spacial score (nSPS) is 11.6.